The van der Waals surface area contributed by atoms with Gasteiger partial charge in [-0.2, -0.15) is 0 Å². The molecule has 1 aliphatic carbocycles. The number of halogens is 2. The molecule has 1 fully saturated rings. The van der Waals surface area contributed by atoms with Gasteiger partial charge in [-0.3, -0.25) is 0 Å². The van der Waals surface area contributed by atoms with Crippen molar-refractivity contribution in [2.45, 2.75) is 58.4 Å². The molecule has 2 rings (SSSR count). The summed E-state index contributed by atoms with van der Waals surface area (Å²) in [5.41, 5.74) is 0.746. The van der Waals surface area contributed by atoms with Crippen molar-refractivity contribution in [3.05, 3.63) is 34.6 Å². The van der Waals surface area contributed by atoms with Crippen molar-refractivity contribution in [1.82, 2.24) is 5.32 Å². The van der Waals surface area contributed by atoms with Crippen molar-refractivity contribution >= 4 is 11.6 Å². The largest absolute Gasteiger partial charge is 0.313 e. The van der Waals surface area contributed by atoms with Gasteiger partial charge < -0.3 is 5.32 Å². The van der Waals surface area contributed by atoms with E-state index in [0.29, 0.717) is 12.0 Å². The van der Waals surface area contributed by atoms with Crippen LogP contribution < -0.4 is 5.32 Å². The molecule has 1 aromatic carbocycles. The summed E-state index contributed by atoms with van der Waals surface area (Å²) in [5.74, 6) is 1.28. The van der Waals surface area contributed by atoms with Crippen molar-refractivity contribution in [1.29, 1.82) is 0 Å². The molecule has 0 aliphatic heterocycles. The topological polar surface area (TPSA) is 12.0 Å². The monoisotopic (exact) mass is 311 g/mol. The minimum absolute atomic E-state index is 0.236. The Morgan fingerprint density at radius 2 is 2.14 bits per heavy atom. The normalized spacial score (nSPS) is 23.4. The molecular formula is C18H27ClFN. The fourth-order valence-electron chi connectivity index (χ4n) is 3.53. The molecule has 21 heavy (non-hydrogen) atoms. The highest BCUT2D eigenvalue weighted by molar-refractivity contribution is 6.30. The van der Waals surface area contributed by atoms with Crippen LogP contribution in [0.5, 0.6) is 0 Å². The third-order valence-electron chi connectivity index (χ3n) is 4.86. The third-order valence-corrected chi connectivity index (χ3v) is 5.15. The minimum atomic E-state index is -0.243. The molecule has 0 bridgehead atoms. The summed E-state index contributed by atoms with van der Waals surface area (Å²) in [5, 5.41) is 3.88. The average molecular weight is 312 g/mol. The Kier molecular flexibility index (Phi) is 6.50. The van der Waals surface area contributed by atoms with Gasteiger partial charge >= 0.3 is 0 Å². The summed E-state index contributed by atoms with van der Waals surface area (Å²) < 4.78 is 14.2. The highest BCUT2D eigenvalue weighted by Gasteiger charge is 2.30. The predicted molar refractivity (Wildman–Crippen MR) is 88.3 cm³/mol. The lowest BCUT2D eigenvalue weighted by molar-refractivity contribution is 0.341. The minimum Gasteiger partial charge on any atom is -0.313 e. The Bertz CT molecular complexity index is 449. The Balaban J connectivity index is 2.07. The molecule has 3 unspecified atom stereocenters. The van der Waals surface area contributed by atoms with Crippen LogP contribution in [-0.4, -0.2) is 12.6 Å². The number of nitrogens with one attached hydrogen (secondary N) is 1. The third kappa shape index (κ3) is 4.43. The van der Waals surface area contributed by atoms with Gasteiger partial charge in [-0.1, -0.05) is 50.4 Å². The molecule has 1 aliphatic rings. The van der Waals surface area contributed by atoms with E-state index in [9.17, 15) is 4.39 Å². The molecule has 0 amide bonds. The summed E-state index contributed by atoms with van der Waals surface area (Å²) in [6.45, 7) is 5.45. The van der Waals surface area contributed by atoms with Gasteiger partial charge in [0, 0.05) is 6.04 Å². The first-order chi connectivity index (χ1) is 10.2. The molecule has 3 atom stereocenters. The molecule has 0 radical (unpaired) electrons. The van der Waals surface area contributed by atoms with Crippen LogP contribution in [0.15, 0.2) is 18.2 Å². The number of benzene rings is 1. The SMILES string of the molecule is CCCNC(Cc1cccc(Cl)c1F)C1CCC(CC)C1. The molecule has 0 spiro atoms. The highest BCUT2D eigenvalue weighted by atomic mass is 35.5. The number of hydrogen-bond donors (Lipinski definition) is 1. The molecular weight excluding hydrogens is 285 g/mol. The lowest BCUT2D eigenvalue weighted by Gasteiger charge is -2.25. The van der Waals surface area contributed by atoms with E-state index in [1.54, 1.807) is 6.07 Å². The van der Waals surface area contributed by atoms with E-state index in [-0.39, 0.29) is 10.8 Å². The highest BCUT2D eigenvalue weighted by Crippen LogP contribution is 2.36. The van der Waals surface area contributed by atoms with Crippen LogP contribution in [0.25, 0.3) is 0 Å². The summed E-state index contributed by atoms with van der Waals surface area (Å²) in [6.07, 6.45) is 6.99. The molecule has 118 valence electrons. The maximum Gasteiger partial charge on any atom is 0.145 e. The Hall–Kier alpha value is -0.600. The first kappa shape index (κ1) is 16.8. The van der Waals surface area contributed by atoms with E-state index < -0.39 is 0 Å². The van der Waals surface area contributed by atoms with Crippen molar-refractivity contribution in [3.8, 4) is 0 Å². The van der Waals surface area contributed by atoms with Gasteiger partial charge in [-0.25, -0.2) is 4.39 Å². The van der Waals surface area contributed by atoms with E-state index >= 15 is 0 Å². The van der Waals surface area contributed by atoms with Crippen LogP contribution in [-0.2, 0) is 6.42 Å². The van der Waals surface area contributed by atoms with Crippen LogP contribution in [0.3, 0.4) is 0 Å². The smallest absolute Gasteiger partial charge is 0.145 e. The molecule has 0 saturated heterocycles. The van der Waals surface area contributed by atoms with Crippen LogP contribution in [0, 0.1) is 17.7 Å². The lowest BCUT2D eigenvalue weighted by Crippen LogP contribution is -2.38. The quantitative estimate of drug-likeness (QED) is 0.728. The second kappa shape index (κ2) is 8.14. The summed E-state index contributed by atoms with van der Waals surface area (Å²) in [4.78, 5) is 0. The standard InChI is InChI=1S/C18H27ClFN/c1-3-10-21-17(14-9-8-13(4-2)11-14)12-15-6-5-7-16(19)18(15)20/h5-7,13-14,17,21H,3-4,8-12H2,1-2H3. The van der Waals surface area contributed by atoms with Gasteiger partial charge in [0.1, 0.15) is 5.82 Å². The Morgan fingerprint density at radius 1 is 1.33 bits per heavy atom. The average Bonchev–Trinajstić information content (AvgIpc) is 2.96. The van der Waals surface area contributed by atoms with Gasteiger partial charge in [0.2, 0.25) is 0 Å². The lowest BCUT2D eigenvalue weighted by atomic mass is 9.90. The zero-order chi connectivity index (χ0) is 15.2. The molecule has 1 saturated carbocycles. The van der Waals surface area contributed by atoms with Crippen LogP contribution in [0.2, 0.25) is 5.02 Å². The maximum atomic E-state index is 14.2. The second-order valence-corrected chi connectivity index (χ2v) is 6.73. The van der Waals surface area contributed by atoms with E-state index in [0.717, 1.165) is 30.9 Å². The van der Waals surface area contributed by atoms with E-state index in [4.69, 9.17) is 11.6 Å². The zero-order valence-electron chi connectivity index (χ0n) is 13.2. The molecule has 0 aromatic heterocycles. The molecule has 1 nitrogen and oxygen atoms in total. The van der Waals surface area contributed by atoms with E-state index in [1.807, 2.05) is 12.1 Å². The second-order valence-electron chi connectivity index (χ2n) is 6.33. The number of rotatable bonds is 7. The Labute approximate surface area is 133 Å². The van der Waals surface area contributed by atoms with E-state index in [1.165, 1.54) is 25.7 Å². The maximum absolute atomic E-state index is 14.2. The van der Waals surface area contributed by atoms with Gasteiger partial charge in [-0.05, 0) is 55.7 Å². The van der Waals surface area contributed by atoms with Crippen LogP contribution >= 0.6 is 11.6 Å². The molecule has 3 heteroatoms. The van der Waals surface area contributed by atoms with Gasteiger partial charge in [0.05, 0.1) is 5.02 Å². The zero-order valence-corrected chi connectivity index (χ0v) is 13.9. The van der Waals surface area contributed by atoms with Crippen LogP contribution in [0.4, 0.5) is 4.39 Å². The van der Waals surface area contributed by atoms with E-state index in [2.05, 4.69) is 19.2 Å². The Morgan fingerprint density at radius 3 is 2.81 bits per heavy atom. The summed E-state index contributed by atoms with van der Waals surface area (Å²) in [6, 6.07) is 5.71. The molecule has 0 heterocycles. The summed E-state index contributed by atoms with van der Waals surface area (Å²) in [7, 11) is 0. The van der Waals surface area contributed by atoms with Crippen molar-refractivity contribution in [3.63, 3.8) is 0 Å². The van der Waals surface area contributed by atoms with Gasteiger partial charge in [0.15, 0.2) is 0 Å². The van der Waals surface area contributed by atoms with Crippen LogP contribution in [0.1, 0.15) is 51.5 Å². The van der Waals surface area contributed by atoms with Gasteiger partial charge in [0.25, 0.3) is 0 Å². The fourth-order valence-corrected chi connectivity index (χ4v) is 3.72. The van der Waals surface area contributed by atoms with Gasteiger partial charge in [-0.15, -0.1) is 0 Å². The van der Waals surface area contributed by atoms with Crippen molar-refractivity contribution < 1.29 is 4.39 Å². The molecule has 1 aromatic rings. The fraction of sp³-hybridized carbons (Fsp3) is 0.667. The number of hydrogen-bond acceptors (Lipinski definition) is 1. The molecule has 1 N–H and O–H groups in total. The van der Waals surface area contributed by atoms with Crippen molar-refractivity contribution in [2.24, 2.45) is 11.8 Å². The summed E-state index contributed by atoms with van der Waals surface area (Å²) >= 11 is 5.91. The predicted octanol–water partition coefficient (Wildman–Crippen LogP) is 5.22. The van der Waals surface area contributed by atoms with Crippen molar-refractivity contribution in [2.75, 3.05) is 6.54 Å². The first-order valence-corrected chi connectivity index (χ1v) is 8.69. The first-order valence-electron chi connectivity index (χ1n) is 8.31.